The van der Waals surface area contributed by atoms with Gasteiger partial charge in [0, 0.05) is 29.5 Å². The highest BCUT2D eigenvalue weighted by Crippen LogP contribution is 2.44. The van der Waals surface area contributed by atoms with E-state index in [0.717, 1.165) is 37.9 Å². The molecule has 1 amide bonds. The number of ether oxygens (including phenoxy) is 1. The molecule has 1 aromatic rings. The van der Waals surface area contributed by atoms with Crippen molar-refractivity contribution in [3.8, 4) is 5.75 Å². The highest BCUT2D eigenvalue weighted by molar-refractivity contribution is 5.79. The lowest BCUT2D eigenvalue weighted by molar-refractivity contribution is -0.125. The first kappa shape index (κ1) is 16.3. The fourth-order valence-electron chi connectivity index (χ4n) is 4.33. The Balaban J connectivity index is 1.73. The van der Waals surface area contributed by atoms with Gasteiger partial charge in [-0.25, -0.2) is 0 Å². The summed E-state index contributed by atoms with van der Waals surface area (Å²) >= 11 is 0. The summed E-state index contributed by atoms with van der Waals surface area (Å²) in [6.45, 7) is 0.706. The lowest BCUT2D eigenvalue weighted by Crippen LogP contribution is -2.41. The zero-order valence-electron chi connectivity index (χ0n) is 14.0. The van der Waals surface area contributed by atoms with Gasteiger partial charge in [0.2, 0.25) is 5.91 Å². The number of carbonyl (C=O) groups is 1. The van der Waals surface area contributed by atoms with E-state index in [2.05, 4.69) is 17.4 Å². The number of amides is 1. The van der Waals surface area contributed by atoms with Crippen LogP contribution in [0.2, 0.25) is 0 Å². The summed E-state index contributed by atoms with van der Waals surface area (Å²) in [7, 11) is 1.72. The summed E-state index contributed by atoms with van der Waals surface area (Å²) in [4.78, 5) is 12.5. The second-order valence-corrected chi connectivity index (χ2v) is 7.18. The Morgan fingerprint density at radius 1 is 1.30 bits per heavy atom. The van der Waals surface area contributed by atoms with Gasteiger partial charge >= 0.3 is 0 Å². The van der Waals surface area contributed by atoms with Gasteiger partial charge in [0.25, 0.3) is 0 Å². The van der Waals surface area contributed by atoms with E-state index in [4.69, 9.17) is 10.5 Å². The first-order valence-corrected chi connectivity index (χ1v) is 8.81. The van der Waals surface area contributed by atoms with E-state index in [0.29, 0.717) is 6.54 Å². The van der Waals surface area contributed by atoms with Crippen LogP contribution in [0.25, 0.3) is 0 Å². The molecule has 2 atom stereocenters. The summed E-state index contributed by atoms with van der Waals surface area (Å²) in [5.41, 5.74) is 7.20. The normalized spacial score (nSPS) is 26.2. The number of para-hydroxylation sites is 1. The van der Waals surface area contributed by atoms with Crippen molar-refractivity contribution in [2.45, 2.75) is 56.4 Å². The smallest absolute Gasteiger partial charge is 0.223 e. The number of nitrogens with two attached hydrogens (primary N) is 1. The van der Waals surface area contributed by atoms with E-state index in [9.17, 15) is 4.79 Å². The van der Waals surface area contributed by atoms with Crippen LogP contribution in [0.5, 0.6) is 5.75 Å². The quantitative estimate of drug-likeness (QED) is 0.878. The zero-order valence-corrected chi connectivity index (χ0v) is 14.0. The fraction of sp³-hybridized carbons (Fsp3) is 0.632. The van der Waals surface area contributed by atoms with Crippen molar-refractivity contribution in [2.75, 3.05) is 13.7 Å². The molecule has 0 heterocycles. The first-order valence-electron chi connectivity index (χ1n) is 8.81. The number of hydrogen-bond acceptors (Lipinski definition) is 3. The minimum Gasteiger partial charge on any atom is -0.496 e. The molecule has 23 heavy (non-hydrogen) atoms. The first-order chi connectivity index (χ1) is 11.1. The van der Waals surface area contributed by atoms with Crippen molar-refractivity contribution < 1.29 is 9.53 Å². The van der Waals surface area contributed by atoms with Gasteiger partial charge in [-0.1, -0.05) is 31.0 Å². The maximum absolute atomic E-state index is 12.5. The third-order valence-electron chi connectivity index (χ3n) is 5.68. The second kappa shape index (κ2) is 6.91. The van der Waals surface area contributed by atoms with Crippen molar-refractivity contribution >= 4 is 5.91 Å². The number of hydrogen-bond donors (Lipinski definition) is 2. The Labute approximate surface area is 138 Å². The molecule has 3 N–H and O–H groups in total. The van der Waals surface area contributed by atoms with Gasteiger partial charge in [-0.3, -0.25) is 4.79 Å². The van der Waals surface area contributed by atoms with E-state index in [1.54, 1.807) is 7.11 Å². The monoisotopic (exact) mass is 316 g/mol. The van der Waals surface area contributed by atoms with Gasteiger partial charge in [0.15, 0.2) is 0 Å². The van der Waals surface area contributed by atoms with Gasteiger partial charge < -0.3 is 15.8 Å². The summed E-state index contributed by atoms with van der Waals surface area (Å²) in [6.07, 6.45) is 7.36. The standard InChI is InChI=1S/C19H28N2O2/c1-23-17-7-3-2-6-16(17)19(10-4-5-11-19)13-21-18(22)14-8-9-15(20)12-14/h2-3,6-7,14-15H,4-5,8-13,20H2,1H3,(H,21,22). The van der Waals surface area contributed by atoms with Crippen LogP contribution in [0.1, 0.15) is 50.5 Å². The fourth-order valence-corrected chi connectivity index (χ4v) is 4.33. The van der Waals surface area contributed by atoms with Gasteiger partial charge in [-0.15, -0.1) is 0 Å². The number of rotatable bonds is 5. The molecule has 126 valence electrons. The molecule has 2 aliphatic carbocycles. The third-order valence-corrected chi connectivity index (χ3v) is 5.68. The van der Waals surface area contributed by atoms with Crippen molar-refractivity contribution in [2.24, 2.45) is 11.7 Å². The number of nitrogens with one attached hydrogen (secondary N) is 1. The van der Waals surface area contributed by atoms with Crippen molar-refractivity contribution in [1.82, 2.24) is 5.32 Å². The molecule has 2 aliphatic rings. The molecule has 4 nitrogen and oxygen atoms in total. The second-order valence-electron chi connectivity index (χ2n) is 7.18. The van der Waals surface area contributed by atoms with E-state index in [1.807, 2.05) is 12.1 Å². The predicted octanol–water partition coefficient (Wildman–Crippen LogP) is 2.75. The number of methoxy groups -OCH3 is 1. The third kappa shape index (κ3) is 3.37. The van der Waals surface area contributed by atoms with Gasteiger partial charge in [-0.05, 0) is 38.2 Å². The van der Waals surface area contributed by atoms with Crippen LogP contribution < -0.4 is 15.8 Å². The molecular weight excluding hydrogens is 288 g/mol. The Morgan fingerprint density at radius 2 is 2.04 bits per heavy atom. The van der Waals surface area contributed by atoms with E-state index in [1.165, 1.54) is 18.4 Å². The molecule has 0 bridgehead atoms. The van der Waals surface area contributed by atoms with Crippen LogP contribution in [-0.4, -0.2) is 25.6 Å². The molecule has 2 fully saturated rings. The topological polar surface area (TPSA) is 64.3 Å². The van der Waals surface area contributed by atoms with E-state index >= 15 is 0 Å². The molecule has 2 saturated carbocycles. The molecule has 3 rings (SSSR count). The van der Waals surface area contributed by atoms with Gasteiger partial charge in [0.1, 0.15) is 5.75 Å². The SMILES string of the molecule is COc1ccccc1C1(CNC(=O)C2CCC(N)C2)CCCC1. The Bertz CT molecular complexity index is 552. The summed E-state index contributed by atoms with van der Waals surface area (Å²) in [6, 6.07) is 8.44. The van der Waals surface area contributed by atoms with Crippen LogP contribution in [-0.2, 0) is 10.2 Å². The van der Waals surface area contributed by atoms with Gasteiger partial charge in [0.05, 0.1) is 7.11 Å². The molecule has 0 aromatic heterocycles. The Hall–Kier alpha value is -1.55. The minimum atomic E-state index is 0.0168. The highest BCUT2D eigenvalue weighted by Gasteiger charge is 2.38. The lowest BCUT2D eigenvalue weighted by atomic mass is 9.78. The molecule has 0 aliphatic heterocycles. The molecule has 0 saturated heterocycles. The van der Waals surface area contributed by atoms with E-state index in [-0.39, 0.29) is 23.3 Å². The van der Waals surface area contributed by atoms with Crippen molar-refractivity contribution in [3.05, 3.63) is 29.8 Å². The maximum Gasteiger partial charge on any atom is 0.223 e. The Morgan fingerprint density at radius 3 is 2.70 bits per heavy atom. The van der Waals surface area contributed by atoms with Crippen molar-refractivity contribution in [1.29, 1.82) is 0 Å². The average Bonchev–Trinajstić information content (AvgIpc) is 3.22. The predicted molar refractivity (Wildman–Crippen MR) is 91.5 cm³/mol. The molecular formula is C19H28N2O2. The molecule has 0 spiro atoms. The molecule has 0 radical (unpaired) electrons. The van der Waals surface area contributed by atoms with Crippen LogP contribution in [0.15, 0.2) is 24.3 Å². The summed E-state index contributed by atoms with van der Waals surface area (Å²) < 4.78 is 5.57. The van der Waals surface area contributed by atoms with Crippen molar-refractivity contribution in [3.63, 3.8) is 0 Å². The highest BCUT2D eigenvalue weighted by atomic mass is 16.5. The Kier molecular flexibility index (Phi) is 4.90. The minimum absolute atomic E-state index is 0.0168. The number of benzene rings is 1. The van der Waals surface area contributed by atoms with Crippen LogP contribution >= 0.6 is 0 Å². The maximum atomic E-state index is 12.5. The zero-order chi connectivity index (χ0) is 16.3. The summed E-state index contributed by atoms with van der Waals surface area (Å²) in [5.74, 6) is 1.21. The average molecular weight is 316 g/mol. The van der Waals surface area contributed by atoms with E-state index < -0.39 is 0 Å². The van der Waals surface area contributed by atoms with Gasteiger partial charge in [-0.2, -0.15) is 0 Å². The molecule has 2 unspecified atom stereocenters. The molecule has 1 aromatic carbocycles. The van der Waals surface area contributed by atoms with Crippen LogP contribution in [0, 0.1) is 5.92 Å². The molecule has 4 heteroatoms. The number of carbonyl (C=O) groups excluding carboxylic acids is 1. The lowest BCUT2D eigenvalue weighted by Gasteiger charge is -2.31. The van der Waals surface area contributed by atoms with Crippen LogP contribution in [0.3, 0.4) is 0 Å². The largest absolute Gasteiger partial charge is 0.496 e. The summed E-state index contributed by atoms with van der Waals surface area (Å²) in [5, 5.41) is 3.23. The van der Waals surface area contributed by atoms with Crippen LogP contribution in [0.4, 0.5) is 0 Å².